The second-order valence-corrected chi connectivity index (χ2v) is 4.75. The molecule has 1 saturated heterocycles. The van der Waals surface area contributed by atoms with Crippen molar-refractivity contribution in [3.63, 3.8) is 0 Å². The fourth-order valence-corrected chi connectivity index (χ4v) is 2.56. The Morgan fingerprint density at radius 2 is 2.60 bits per heavy atom. The van der Waals surface area contributed by atoms with Crippen LogP contribution in [0.4, 0.5) is 0 Å². The van der Waals surface area contributed by atoms with Crippen molar-refractivity contribution in [2.45, 2.75) is 25.4 Å². The number of nitrogens with zero attached hydrogens (tertiary/aromatic N) is 1. The van der Waals surface area contributed by atoms with Crippen LogP contribution in [0.1, 0.15) is 18.4 Å². The van der Waals surface area contributed by atoms with Crippen molar-refractivity contribution in [1.29, 1.82) is 0 Å². The van der Waals surface area contributed by atoms with Crippen molar-refractivity contribution in [1.82, 2.24) is 10.2 Å². The molecule has 1 atom stereocenters. The normalized spacial score (nSPS) is 20.5. The van der Waals surface area contributed by atoms with E-state index in [1.165, 1.54) is 5.56 Å². The maximum atomic E-state index is 11.9. The molecule has 1 aliphatic heterocycles. The summed E-state index contributed by atoms with van der Waals surface area (Å²) in [5.74, 6) is 0.221. The lowest BCUT2D eigenvalue weighted by Crippen LogP contribution is -2.41. The Hall–Kier alpha value is -0.870. The van der Waals surface area contributed by atoms with Crippen molar-refractivity contribution in [2.75, 3.05) is 13.6 Å². The Labute approximate surface area is 94.1 Å². The van der Waals surface area contributed by atoms with E-state index in [0.29, 0.717) is 0 Å². The first-order valence-electron chi connectivity index (χ1n) is 5.27. The average molecular weight is 224 g/mol. The van der Waals surface area contributed by atoms with Gasteiger partial charge in [0.15, 0.2) is 0 Å². The molecule has 3 nitrogen and oxygen atoms in total. The molecule has 2 rings (SSSR count). The van der Waals surface area contributed by atoms with Crippen molar-refractivity contribution in [3.8, 4) is 0 Å². The molecule has 0 spiro atoms. The number of hydrogen-bond acceptors (Lipinski definition) is 3. The zero-order valence-corrected chi connectivity index (χ0v) is 9.72. The summed E-state index contributed by atoms with van der Waals surface area (Å²) in [6.07, 6.45) is 2.09. The number of carbonyl (C=O) groups is 1. The number of rotatable bonds is 3. The third-order valence-corrected chi connectivity index (χ3v) is 3.47. The van der Waals surface area contributed by atoms with Gasteiger partial charge in [0.25, 0.3) is 0 Å². The van der Waals surface area contributed by atoms with Gasteiger partial charge in [0, 0.05) is 13.6 Å². The Bertz CT molecular complexity index is 317. The molecule has 0 aromatic carbocycles. The van der Waals surface area contributed by atoms with Crippen LogP contribution in [-0.2, 0) is 11.3 Å². The third-order valence-electron chi connectivity index (χ3n) is 2.73. The van der Waals surface area contributed by atoms with Gasteiger partial charge in [-0.05, 0) is 41.8 Å². The highest BCUT2D eigenvalue weighted by Crippen LogP contribution is 2.12. The summed E-state index contributed by atoms with van der Waals surface area (Å²) in [6.45, 7) is 1.70. The van der Waals surface area contributed by atoms with Gasteiger partial charge in [-0.25, -0.2) is 0 Å². The zero-order valence-electron chi connectivity index (χ0n) is 8.90. The number of thiophene rings is 1. The first-order valence-corrected chi connectivity index (χ1v) is 6.21. The molecule has 0 unspecified atom stereocenters. The van der Waals surface area contributed by atoms with Crippen molar-refractivity contribution < 1.29 is 4.79 Å². The maximum absolute atomic E-state index is 11.9. The minimum atomic E-state index is 0.0497. The number of hydrogen-bond donors (Lipinski definition) is 1. The first-order chi connectivity index (χ1) is 7.27. The predicted octanol–water partition coefficient (Wildman–Crippen LogP) is 1.46. The van der Waals surface area contributed by atoms with E-state index >= 15 is 0 Å². The Balaban J connectivity index is 1.89. The largest absolute Gasteiger partial charge is 0.340 e. The molecule has 1 fully saturated rings. The summed E-state index contributed by atoms with van der Waals surface area (Å²) < 4.78 is 0. The van der Waals surface area contributed by atoms with Crippen LogP contribution in [0, 0.1) is 0 Å². The molecule has 15 heavy (non-hydrogen) atoms. The summed E-state index contributed by atoms with van der Waals surface area (Å²) in [5.41, 5.74) is 1.22. The van der Waals surface area contributed by atoms with Crippen molar-refractivity contribution >= 4 is 17.2 Å². The molecular weight excluding hydrogens is 208 g/mol. The van der Waals surface area contributed by atoms with E-state index in [9.17, 15) is 4.79 Å². The molecule has 0 bridgehead atoms. The molecule has 1 aromatic rings. The Morgan fingerprint density at radius 3 is 3.20 bits per heavy atom. The van der Waals surface area contributed by atoms with E-state index in [1.807, 2.05) is 17.3 Å². The van der Waals surface area contributed by atoms with Gasteiger partial charge >= 0.3 is 0 Å². The van der Waals surface area contributed by atoms with E-state index in [4.69, 9.17) is 0 Å². The lowest BCUT2D eigenvalue weighted by molar-refractivity contribution is -0.132. The van der Waals surface area contributed by atoms with E-state index in [-0.39, 0.29) is 11.9 Å². The fourth-order valence-electron chi connectivity index (χ4n) is 1.90. The number of amides is 1. The molecular formula is C11H16N2OS. The molecule has 2 heterocycles. The smallest absolute Gasteiger partial charge is 0.239 e. The van der Waals surface area contributed by atoms with E-state index in [0.717, 1.165) is 25.9 Å². The highest BCUT2D eigenvalue weighted by atomic mass is 32.1. The molecule has 1 aromatic heterocycles. The van der Waals surface area contributed by atoms with Crippen LogP contribution in [0.3, 0.4) is 0 Å². The molecule has 82 valence electrons. The fraction of sp³-hybridized carbons (Fsp3) is 0.545. The minimum absolute atomic E-state index is 0.0497. The topological polar surface area (TPSA) is 32.3 Å². The third kappa shape index (κ3) is 2.58. The van der Waals surface area contributed by atoms with Crippen LogP contribution < -0.4 is 5.32 Å². The minimum Gasteiger partial charge on any atom is -0.340 e. The molecule has 0 saturated carbocycles. The molecule has 0 aliphatic carbocycles. The van der Waals surface area contributed by atoms with Gasteiger partial charge in [-0.15, -0.1) is 0 Å². The highest BCUT2D eigenvalue weighted by molar-refractivity contribution is 7.07. The van der Waals surface area contributed by atoms with Gasteiger partial charge in [-0.1, -0.05) is 0 Å². The van der Waals surface area contributed by atoms with Crippen LogP contribution in [0.5, 0.6) is 0 Å². The van der Waals surface area contributed by atoms with Crippen molar-refractivity contribution in [2.24, 2.45) is 0 Å². The quantitative estimate of drug-likeness (QED) is 0.843. The SMILES string of the molecule is CN(Cc1ccsc1)C(=O)[C@H]1CCCN1. The van der Waals surface area contributed by atoms with E-state index in [1.54, 1.807) is 11.3 Å². The monoisotopic (exact) mass is 224 g/mol. The zero-order chi connectivity index (χ0) is 10.7. The molecule has 1 N–H and O–H groups in total. The molecule has 4 heteroatoms. The van der Waals surface area contributed by atoms with Gasteiger partial charge in [0.05, 0.1) is 6.04 Å². The van der Waals surface area contributed by atoms with Crippen LogP contribution in [0.15, 0.2) is 16.8 Å². The predicted molar refractivity (Wildman–Crippen MR) is 61.8 cm³/mol. The lowest BCUT2D eigenvalue weighted by Gasteiger charge is -2.20. The summed E-state index contributed by atoms with van der Waals surface area (Å²) in [7, 11) is 1.88. The number of likely N-dealkylation sites (N-methyl/N-ethyl adjacent to an activating group) is 1. The summed E-state index contributed by atoms with van der Waals surface area (Å²) in [4.78, 5) is 13.7. The van der Waals surface area contributed by atoms with Gasteiger partial charge in [0.1, 0.15) is 0 Å². The van der Waals surface area contributed by atoms with E-state index in [2.05, 4.69) is 16.8 Å². The van der Waals surface area contributed by atoms with Crippen LogP contribution >= 0.6 is 11.3 Å². The van der Waals surface area contributed by atoms with Crippen molar-refractivity contribution in [3.05, 3.63) is 22.4 Å². The molecule has 1 amide bonds. The average Bonchev–Trinajstić information content (AvgIpc) is 2.88. The van der Waals surface area contributed by atoms with Gasteiger partial charge < -0.3 is 10.2 Å². The summed E-state index contributed by atoms with van der Waals surface area (Å²) >= 11 is 1.67. The van der Waals surface area contributed by atoms with E-state index < -0.39 is 0 Å². The van der Waals surface area contributed by atoms with Crippen LogP contribution in [0.25, 0.3) is 0 Å². The first kappa shape index (κ1) is 10.6. The summed E-state index contributed by atoms with van der Waals surface area (Å²) in [6, 6.07) is 2.12. The van der Waals surface area contributed by atoms with Crippen LogP contribution in [-0.4, -0.2) is 30.4 Å². The highest BCUT2D eigenvalue weighted by Gasteiger charge is 2.24. The van der Waals surface area contributed by atoms with Gasteiger partial charge in [0.2, 0.25) is 5.91 Å². The molecule has 1 aliphatic rings. The number of carbonyl (C=O) groups excluding carboxylic acids is 1. The maximum Gasteiger partial charge on any atom is 0.239 e. The Kier molecular flexibility index (Phi) is 3.38. The number of nitrogens with one attached hydrogen (secondary N) is 1. The summed E-state index contributed by atoms with van der Waals surface area (Å²) in [5, 5.41) is 7.36. The van der Waals surface area contributed by atoms with Gasteiger partial charge in [-0.3, -0.25) is 4.79 Å². The standard InChI is InChI=1S/C11H16N2OS/c1-13(7-9-4-6-15-8-9)11(14)10-3-2-5-12-10/h4,6,8,10,12H,2-3,5,7H2,1H3/t10-/m1/s1. The second kappa shape index (κ2) is 4.77. The second-order valence-electron chi connectivity index (χ2n) is 3.97. The van der Waals surface area contributed by atoms with Crippen LogP contribution in [0.2, 0.25) is 0 Å². The lowest BCUT2D eigenvalue weighted by atomic mass is 10.2. The molecule has 0 radical (unpaired) electrons. The Morgan fingerprint density at radius 1 is 1.73 bits per heavy atom. The van der Waals surface area contributed by atoms with Gasteiger partial charge in [-0.2, -0.15) is 11.3 Å².